The predicted molar refractivity (Wildman–Crippen MR) is 151 cm³/mol. The molecule has 6 rings (SSSR count). The smallest absolute Gasteiger partial charge is 0.308 e. The van der Waals surface area contributed by atoms with Gasteiger partial charge in [-0.15, -0.1) is 0 Å². The monoisotopic (exact) mass is 501 g/mol. The normalized spacial score (nSPS) is 14.5. The van der Waals surface area contributed by atoms with E-state index in [-0.39, 0.29) is 12.1 Å². The summed E-state index contributed by atoms with van der Waals surface area (Å²) in [5.74, 6) is 0.967. The molecule has 2 amide bonds. The first-order valence-electron chi connectivity index (χ1n) is 13.1. The van der Waals surface area contributed by atoms with Crippen LogP contribution in [0.2, 0.25) is 0 Å². The van der Waals surface area contributed by atoms with Crippen molar-refractivity contribution in [3.8, 4) is 11.5 Å². The molecule has 6 heteroatoms. The molecule has 5 aromatic rings. The van der Waals surface area contributed by atoms with Crippen molar-refractivity contribution < 1.29 is 4.79 Å². The SMILES string of the molecule is CCc1ccc(C2c3cccn3-c3c(c(C)nn3-c3ccccc3)CN2C(=O)Nc2cccc(C)c2)cc1. The molecular formula is C32H31N5O. The van der Waals surface area contributed by atoms with Crippen LogP contribution < -0.4 is 5.32 Å². The fourth-order valence-electron chi connectivity index (χ4n) is 5.35. The van der Waals surface area contributed by atoms with Gasteiger partial charge in [0.1, 0.15) is 5.82 Å². The van der Waals surface area contributed by atoms with Gasteiger partial charge in [-0.3, -0.25) is 0 Å². The Morgan fingerprint density at radius 3 is 2.47 bits per heavy atom. The van der Waals surface area contributed by atoms with Crippen molar-refractivity contribution >= 4 is 11.7 Å². The molecule has 0 radical (unpaired) electrons. The van der Waals surface area contributed by atoms with Crippen LogP contribution in [-0.4, -0.2) is 25.3 Å². The van der Waals surface area contributed by atoms with Gasteiger partial charge in [0.25, 0.3) is 0 Å². The quantitative estimate of drug-likeness (QED) is 0.289. The average Bonchev–Trinajstić information content (AvgIpc) is 3.49. The van der Waals surface area contributed by atoms with Crippen LogP contribution in [0.4, 0.5) is 10.5 Å². The van der Waals surface area contributed by atoms with Crippen molar-refractivity contribution in [1.29, 1.82) is 0 Å². The van der Waals surface area contributed by atoms with Crippen molar-refractivity contribution in [2.24, 2.45) is 0 Å². The molecule has 0 fully saturated rings. The molecule has 6 nitrogen and oxygen atoms in total. The number of nitrogens with one attached hydrogen (secondary N) is 1. The highest BCUT2D eigenvalue weighted by Gasteiger charge is 2.36. The molecule has 1 atom stereocenters. The highest BCUT2D eigenvalue weighted by Crippen LogP contribution is 2.38. The third kappa shape index (κ3) is 4.18. The molecule has 2 aromatic heterocycles. The largest absolute Gasteiger partial charge is 0.322 e. The zero-order valence-corrected chi connectivity index (χ0v) is 21.9. The van der Waals surface area contributed by atoms with Crippen LogP contribution >= 0.6 is 0 Å². The summed E-state index contributed by atoms with van der Waals surface area (Å²) < 4.78 is 4.19. The van der Waals surface area contributed by atoms with Gasteiger partial charge in [-0.25, -0.2) is 9.48 Å². The van der Waals surface area contributed by atoms with Gasteiger partial charge in [0.2, 0.25) is 0 Å². The third-order valence-electron chi connectivity index (χ3n) is 7.32. The van der Waals surface area contributed by atoms with E-state index in [1.807, 2.05) is 72.0 Å². The molecule has 3 heterocycles. The standard InChI is InChI=1S/C32H31N5O/c1-4-24-15-17-25(18-16-24)30-29-14-9-19-35(29)31-28(23(3)34-37(31)27-12-6-5-7-13-27)21-36(30)32(38)33-26-11-8-10-22(2)20-26/h5-20,30H,4,21H2,1-3H3,(H,33,38). The fraction of sp³-hybridized carbons (Fsp3) is 0.188. The number of aromatic nitrogens is 3. The van der Waals surface area contributed by atoms with Gasteiger partial charge < -0.3 is 14.8 Å². The fourth-order valence-corrected chi connectivity index (χ4v) is 5.35. The number of benzene rings is 3. The van der Waals surface area contributed by atoms with Crippen molar-refractivity contribution in [3.05, 3.63) is 131 Å². The molecule has 1 aliphatic rings. The molecule has 0 saturated heterocycles. The van der Waals surface area contributed by atoms with E-state index in [9.17, 15) is 4.79 Å². The van der Waals surface area contributed by atoms with E-state index in [1.165, 1.54) is 5.56 Å². The molecule has 0 spiro atoms. The summed E-state index contributed by atoms with van der Waals surface area (Å²) in [4.78, 5) is 16.0. The lowest BCUT2D eigenvalue weighted by atomic mass is 9.99. The number of fused-ring (bicyclic) bond motifs is 3. The minimum Gasteiger partial charge on any atom is -0.308 e. The zero-order valence-electron chi connectivity index (χ0n) is 21.9. The van der Waals surface area contributed by atoms with Crippen LogP contribution in [0.5, 0.6) is 0 Å². The molecule has 38 heavy (non-hydrogen) atoms. The molecule has 1 unspecified atom stereocenters. The van der Waals surface area contributed by atoms with E-state index >= 15 is 0 Å². The number of anilines is 1. The first-order chi connectivity index (χ1) is 18.5. The van der Waals surface area contributed by atoms with E-state index < -0.39 is 0 Å². The number of carbonyl (C=O) groups is 1. The van der Waals surface area contributed by atoms with Gasteiger partial charge >= 0.3 is 6.03 Å². The van der Waals surface area contributed by atoms with Crippen molar-refractivity contribution in [3.63, 3.8) is 0 Å². The summed E-state index contributed by atoms with van der Waals surface area (Å²) in [5.41, 5.74) is 8.16. The number of aryl methyl sites for hydroxylation is 3. The second kappa shape index (κ2) is 9.71. The molecule has 0 bridgehead atoms. The summed E-state index contributed by atoms with van der Waals surface area (Å²) >= 11 is 0. The Kier molecular flexibility index (Phi) is 6.08. The Labute approximate surface area is 223 Å². The minimum absolute atomic E-state index is 0.146. The zero-order chi connectivity index (χ0) is 26.2. The lowest BCUT2D eigenvalue weighted by Crippen LogP contribution is -2.38. The van der Waals surface area contributed by atoms with E-state index in [0.717, 1.165) is 51.7 Å². The Bertz CT molecular complexity index is 1600. The maximum atomic E-state index is 14.0. The Hall–Kier alpha value is -4.58. The Morgan fingerprint density at radius 2 is 1.74 bits per heavy atom. The van der Waals surface area contributed by atoms with Crippen LogP contribution in [0.25, 0.3) is 11.5 Å². The van der Waals surface area contributed by atoms with Crippen molar-refractivity contribution in [2.45, 2.75) is 39.8 Å². The third-order valence-corrected chi connectivity index (χ3v) is 7.32. The number of carbonyl (C=O) groups excluding carboxylic acids is 1. The molecule has 0 saturated carbocycles. The number of rotatable bonds is 4. The van der Waals surface area contributed by atoms with Gasteiger partial charge in [0, 0.05) is 17.4 Å². The van der Waals surface area contributed by atoms with Crippen molar-refractivity contribution in [1.82, 2.24) is 19.2 Å². The number of nitrogens with zero attached hydrogens (tertiary/aromatic N) is 4. The molecular weight excluding hydrogens is 470 g/mol. The van der Waals surface area contributed by atoms with Gasteiger partial charge in [-0.2, -0.15) is 5.10 Å². The average molecular weight is 502 g/mol. The molecule has 1 N–H and O–H groups in total. The topological polar surface area (TPSA) is 55.1 Å². The van der Waals surface area contributed by atoms with Gasteiger partial charge in [-0.1, -0.05) is 61.5 Å². The van der Waals surface area contributed by atoms with Crippen LogP contribution in [0.15, 0.2) is 97.2 Å². The molecule has 1 aliphatic heterocycles. The van der Waals surface area contributed by atoms with Gasteiger partial charge in [-0.05, 0) is 73.4 Å². The predicted octanol–water partition coefficient (Wildman–Crippen LogP) is 6.98. The first kappa shape index (κ1) is 23.8. The molecule has 0 aliphatic carbocycles. The number of amides is 2. The summed E-state index contributed by atoms with van der Waals surface area (Å²) in [6.45, 7) is 6.63. The van der Waals surface area contributed by atoms with Crippen LogP contribution in [-0.2, 0) is 13.0 Å². The van der Waals surface area contributed by atoms with Crippen LogP contribution in [0.1, 0.15) is 46.6 Å². The van der Waals surface area contributed by atoms with Crippen LogP contribution in [0.3, 0.4) is 0 Å². The number of hydrogen-bond donors (Lipinski definition) is 1. The summed E-state index contributed by atoms with van der Waals surface area (Å²) in [7, 11) is 0. The molecule has 190 valence electrons. The van der Waals surface area contributed by atoms with E-state index in [1.54, 1.807) is 0 Å². The van der Waals surface area contributed by atoms with Gasteiger partial charge in [0.15, 0.2) is 0 Å². The van der Waals surface area contributed by atoms with E-state index in [2.05, 4.69) is 65.5 Å². The molecule has 3 aromatic carbocycles. The van der Waals surface area contributed by atoms with E-state index in [0.29, 0.717) is 6.54 Å². The maximum Gasteiger partial charge on any atom is 0.322 e. The second-order valence-electron chi connectivity index (χ2n) is 9.86. The van der Waals surface area contributed by atoms with Crippen LogP contribution in [0, 0.1) is 13.8 Å². The summed E-state index contributed by atoms with van der Waals surface area (Å²) in [6.07, 6.45) is 3.04. The lowest BCUT2D eigenvalue weighted by Gasteiger charge is -2.31. The Balaban J connectivity index is 1.53. The minimum atomic E-state index is -0.281. The second-order valence-corrected chi connectivity index (χ2v) is 9.86. The summed E-state index contributed by atoms with van der Waals surface area (Å²) in [5, 5.41) is 8.09. The number of para-hydroxylation sites is 1. The van der Waals surface area contributed by atoms with Crippen molar-refractivity contribution in [2.75, 3.05) is 5.32 Å². The lowest BCUT2D eigenvalue weighted by molar-refractivity contribution is 0.194. The van der Waals surface area contributed by atoms with E-state index in [4.69, 9.17) is 5.10 Å². The van der Waals surface area contributed by atoms with Gasteiger partial charge in [0.05, 0.1) is 29.7 Å². The summed E-state index contributed by atoms with van der Waals surface area (Å²) in [6, 6.07) is 30.4. The Morgan fingerprint density at radius 1 is 0.947 bits per heavy atom. The number of hydrogen-bond acceptors (Lipinski definition) is 2. The highest BCUT2D eigenvalue weighted by atomic mass is 16.2. The maximum absolute atomic E-state index is 14.0. The first-order valence-corrected chi connectivity index (χ1v) is 13.1. The highest BCUT2D eigenvalue weighted by molar-refractivity contribution is 5.90. The number of urea groups is 1.